The maximum atomic E-state index is 13.1. The van der Waals surface area contributed by atoms with Crippen molar-refractivity contribution in [3.63, 3.8) is 0 Å². The van der Waals surface area contributed by atoms with Crippen molar-refractivity contribution in [1.82, 2.24) is 19.7 Å². The molecule has 0 bridgehead atoms. The van der Waals surface area contributed by atoms with E-state index in [1.807, 2.05) is 12.1 Å². The SMILES string of the molecule is Fc1cccc(OCc2nc(-c3cccn3C3CC3)n[nH]2)c1. The van der Waals surface area contributed by atoms with Gasteiger partial charge in [0.1, 0.15) is 18.2 Å². The highest BCUT2D eigenvalue weighted by Crippen LogP contribution is 2.38. The van der Waals surface area contributed by atoms with Crippen molar-refractivity contribution in [3.8, 4) is 17.3 Å². The third-order valence-electron chi connectivity index (χ3n) is 3.65. The van der Waals surface area contributed by atoms with Gasteiger partial charge in [-0.3, -0.25) is 5.10 Å². The molecule has 1 saturated carbocycles. The van der Waals surface area contributed by atoms with Crippen molar-refractivity contribution in [2.45, 2.75) is 25.5 Å². The van der Waals surface area contributed by atoms with Crippen LogP contribution < -0.4 is 4.74 Å². The van der Waals surface area contributed by atoms with E-state index in [9.17, 15) is 4.39 Å². The molecular weight excluding hydrogens is 283 g/mol. The first-order chi connectivity index (χ1) is 10.8. The Bertz CT molecular complexity index is 791. The van der Waals surface area contributed by atoms with Crippen LogP contribution >= 0.6 is 0 Å². The van der Waals surface area contributed by atoms with E-state index >= 15 is 0 Å². The van der Waals surface area contributed by atoms with Gasteiger partial charge in [-0.25, -0.2) is 9.37 Å². The molecule has 0 spiro atoms. The third kappa shape index (κ3) is 2.59. The van der Waals surface area contributed by atoms with Gasteiger partial charge in [-0.2, -0.15) is 5.10 Å². The van der Waals surface area contributed by atoms with Crippen molar-refractivity contribution in [3.05, 3.63) is 54.2 Å². The lowest BCUT2D eigenvalue weighted by atomic mass is 10.3. The van der Waals surface area contributed by atoms with Crippen molar-refractivity contribution < 1.29 is 9.13 Å². The number of halogens is 1. The Hall–Kier alpha value is -2.63. The standard InChI is InChI=1S/C16H15FN4O/c17-11-3-1-4-13(9-11)22-10-15-18-16(20-19-15)14-5-2-8-21(14)12-6-7-12/h1-5,8-9,12H,6-7,10H2,(H,18,19,20). The van der Waals surface area contributed by atoms with Crippen LogP contribution in [0.2, 0.25) is 0 Å². The molecule has 0 atom stereocenters. The van der Waals surface area contributed by atoms with Gasteiger partial charge in [0.25, 0.3) is 0 Å². The van der Waals surface area contributed by atoms with Gasteiger partial charge in [-0.1, -0.05) is 6.07 Å². The van der Waals surface area contributed by atoms with Crippen LogP contribution in [-0.4, -0.2) is 19.7 Å². The van der Waals surface area contributed by atoms with Crippen molar-refractivity contribution in [2.75, 3.05) is 0 Å². The summed E-state index contributed by atoms with van der Waals surface area (Å²) in [5, 5.41) is 7.12. The van der Waals surface area contributed by atoms with Crippen LogP contribution in [0.4, 0.5) is 4.39 Å². The van der Waals surface area contributed by atoms with Gasteiger partial charge in [0.15, 0.2) is 11.6 Å². The van der Waals surface area contributed by atoms with Crippen LogP contribution in [-0.2, 0) is 6.61 Å². The van der Waals surface area contributed by atoms with E-state index in [0.717, 1.165) is 5.69 Å². The maximum Gasteiger partial charge on any atom is 0.197 e. The lowest BCUT2D eigenvalue weighted by Gasteiger charge is -2.04. The Balaban J connectivity index is 1.48. The highest BCUT2D eigenvalue weighted by atomic mass is 19.1. The van der Waals surface area contributed by atoms with E-state index in [2.05, 4.69) is 25.9 Å². The van der Waals surface area contributed by atoms with Crippen LogP contribution in [0, 0.1) is 5.82 Å². The molecule has 0 aliphatic heterocycles. The molecule has 0 radical (unpaired) electrons. The number of nitrogens with zero attached hydrogens (tertiary/aromatic N) is 3. The van der Waals surface area contributed by atoms with Gasteiger partial charge in [0, 0.05) is 18.3 Å². The Morgan fingerprint density at radius 3 is 3.00 bits per heavy atom. The smallest absolute Gasteiger partial charge is 0.197 e. The normalized spacial score (nSPS) is 14.2. The molecule has 2 aromatic heterocycles. The van der Waals surface area contributed by atoms with Crippen LogP contribution in [0.25, 0.3) is 11.5 Å². The predicted octanol–water partition coefficient (Wildman–Crippen LogP) is 3.33. The molecule has 2 heterocycles. The first-order valence-corrected chi connectivity index (χ1v) is 7.26. The van der Waals surface area contributed by atoms with Crippen LogP contribution in [0.15, 0.2) is 42.6 Å². The van der Waals surface area contributed by atoms with Crippen molar-refractivity contribution in [1.29, 1.82) is 0 Å². The summed E-state index contributed by atoms with van der Waals surface area (Å²) in [6.07, 6.45) is 4.48. The summed E-state index contributed by atoms with van der Waals surface area (Å²) in [6, 6.07) is 10.6. The number of hydrogen-bond donors (Lipinski definition) is 1. The molecule has 1 N–H and O–H groups in total. The molecule has 0 amide bonds. The maximum absolute atomic E-state index is 13.1. The zero-order chi connectivity index (χ0) is 14.9. The van der Waals surface area contributed by atoms with Crippen molar-refractivity contribution >= 4 is 0 Å². The van der Waals surface area contributed by atoms with E-state index in [-0.39, 0.29) is 12.4 Å². The lowest BCUT2D eigenvalue weighted by molar-refractivity contribution is 0.295. The minimum atomic E-state index is -0.321. The molecule has 1 aromatic carbocycles. The number of H-pyrrole nitrogens is 1. The average molecular weight is 298 g/mol. The molecule has 22 heavy (non-hydrogen) atoms. The Morgan fingerprint density at radius 1 is 1.27 bits per heavy atom. The zero-order valence-electron chi connectivity index (χ0n) is 11.9. The molecule has 0 saturated heterocycles. The molecule has 4 rings (SSSR count). The highest BCUT2D eigenvalue weighted by Gasteiger charge is 2.26. The van der Waals surface area contributed by atoms with Crippen LogP contribution in [0.3, 0.4) is 0 Å². The summed E-state index contributed by atoms with van der Waals surface area (Å²) in [7, 11) is 0. The van der Waals surface area contributed by atoms with Gasteiger partial charge >= 0.3 is 0 Å². The Morgan fingerprint density at radius 2 is 2.18 bits per heavy atom. The summed E-state index contributed by atoms with van der Waals surface area (Å²) in [5.74, 6) is 1.43. The molecule has 1 fully saturated rings. The summed E-state index contributed by atoms with van der Waals surface area (Å²) in [6.45, 7) is 0.223. The molecule has 3 aromatic rings. The first kappa shape index (κ1) is 13.1. The van der Waals surface area contributed by atoms with Gasteiger partial charge in [-0.15, -0.1) is 0 Å². The molecule has 1 aliphatic carbocycles. The van der Waals surface area contributed by atoms with Crippen LogP contribution in [0.1, 0.15) is 24.7 Å². The topological polar surface area (TPSA) is 55.7 Å². The quantitative estimate of drug-likeness (QED) is 0.786. The fraction of sp³-hybridized carbons (Fsp3) is 0.250. The van der Waals surface area contributed by atoms with Crippen LogP contribution in [0.5, 0.6) is 5.75 Å². The molecule has 1 aliphatic rings. The van der Waals surface area contributed by atoms with Gasteiger partial charge < -0.3 is 9.30 Å². The van der Waals surface area contributed by atoms with E-state index in [1.54, 1.807) is 12.1 Å². The Kier molecular flexibility index (Phi) is 3.14. The minimum Gasteiger partial charge on any atom is -0.486 e. The lowest BCUT2D eigenvalue weighted by Crippen LogP contribution is -1.98. The Labute approximate surface area is 126 Å². The van der Waals surface area contributed by atoms with Gasteiger partial charge in [-0.05, 0) is 37.1 Å². The number of hydrogen-bond acceptors (Lipinski definition) is 3. The summed E-state index contributed by atoms with van der Waals surface area (Å²) in [4.78, 5) is 4.45. The van der Waals surface area contributed by atoms with Crippen molar-refractivity contribution in [2.24, 2.45) is 0 Å². The fourth-order valence-corrected chi connectivity index (χ4v) is 2.44. The fourth-order valence-electron chi connectivity index (χ4n) is 2.44. The molecule has 5 nitrogen and oxygen atoms in total. The summed E-state index contributed by atoms with van der Waals surface area (Å²) in [5.41, 5.74) is 1.01. The zero-order valence-corrected chi connectivity index (χ0v) is 11.9. The largest absolute Gasteiger partial charge is 0.486 e. The second kappa shape index (κ2) is 5.29. The highest BCUT2D eigenvalue weighted by molar-refractivity contribution is 5.50. The van der Waals surface area contributed by atoms with Gasteiger partial charge in [0.05, 0.1) is 5.69 Å². The van der Waals surface area contributed by atoms with E-state index in [4.69, 9.17) is 4.74 Å². The average Bonchev–Trinajstić information content (AvgIpc) is 3.07. The summed E-state index contributed by atoms with van der Waals surface area (Å²) >= 11 is 0. The number of aromatic amines is 1. The minimum absolute atomic E-state index is 0.223. The summed E-state index contributed by atoms with van der Waals surface area (Å²) < 4.78 is 20.8. The number of rotatable bonds is 5. The molecule has 112 valence electrons. The third-order valence-corrected chi connectivity index (χ3v) is 3.65. The molecular formula is C16H15FN4O. The number of nitrogens with one attached hydrogen (secondary N) is 1. The molecule has 6 heteroatoms. The second-order valence-electron chi connectivity index (χ2n) is 5.38. The number of benzene rings is 1. The number of ether oxygens (including phenoxy) is 1. The predicted molar refractivity (Wildman–Crippen MR) is 78.8 cm³/mol. The monoisotopic (exact) mass is 298 g/mol. The van der Waals surface area contributed by atoms with E-state index < -0.39 is 0 Å². The number of aromatic nitrogens is 4. The first-order valence-electron chi connectivity index (χ1n) is 7.26. The second-order valence-corrected chi connectivity index (χ2v) is 5.38. The molecule has 0 unspecified atom stereocenters. The van der Waals surface area contributed by atoms with Gasteiger partial charge in [0.2, 0.25) is 0 Å². The van der Waals surface area contributed by atoms with E-state index in [0.29, 0.717) is 23.4 Å². The van der Waals surface area contributed by atoms with E-state index in [1.165, 1.54) is 25.0 Å².